The molecule has 6 heteroatoms. The van der Waals surface area contributed by atoms with Crippen LogP contribution in [0.15, 0.2) is 17.3 Å². The second kappa shape index (κ2) is 7.62. The summed E-state index contributed by atoms with van der Waals surface area (Å²) in [6.07, 6.45) is 0.651. The Labute approximate surface area is 106 Å². The van der Waals surface area contributed by atoms with Crippen molar-refractivity contribution in [1.29, 1.82) is 0 Å². The van der Waals surface area contributed by atoms with E-state index in [2.05, 4.69) is 10.5 Å². The van der Waals surface area contributed by atoms with Crippen LogP contribution >= 0.6 is 0 Å². The number of aliphatic hydroxyl groups excluding tert-OH is 2. The molecule has 0 atom stereocenters. The Bertz CT molecular complexity index is 396. The predicted octanol–water partition coefficient (Wildman–Crippen LogP) is 1.42. The summed E-state index contributed by atoms with van der Waals surface area (Å²) in [6, 6.07) is 3.29. The Balaban J connectivity index is 3.10. The van der Waals surface area contributed by atoms with Gasteiger partial charge < -0.3 is 20.3 Å². The topological polar surface area (TPSA) is 91.2 Å². The number of nitrogens with zero attached hydrogens (tertiary/aromatic N) is 1. The molecule has 0 saturated carbocycles. The van der Waals surface area contributed by atoms with Crippen LogP contribution in [0.25, 0.3) is 0 Å². The van der Waals surface area contributed by atoms with Crippen LogP contribution in [0.3, 0.4) is 0 Å². The average molecular weight is 254 g/mol. The molecular weight excluding hydrogens is 236 g/mol. The normalized spacial score (nSPS) is 10.2. The van der Waals surface area contributed by atoms with Crippen molar-refractivity contribution in [3.8, 4) is 5.75 Å². The van der Waals surface area contributed by atoms with Gasteiger partial charge in [-0.1, -0.05) is 6.92 Å². The van der Waals surface area contributed by atoms with Crippen LogP contribution in [-0.4, -0.2) is 36.6 Å². The summed E-state index contributed by atoms with van der Waals surface area (Å²) in [7, 11) is 0. The van der Waals surface area contributed by atoms with Crippen LogP contribution in [0.4, 0.5) is 11.4 Å². The van der Waals surface area contributed by atoms with Crippen LogP contribution in [0, 0.1) is 4.91 Å². The highest BCUT2D eigenvalue weighted by Gasteiger charge is 2.14. The molecular formula is C12H18N2O4. The highest BCUT2D eigenvalue weighted by atomic mass is 16.5. The minimum atomic E-state index is -0.129. The lowest BCUT2D eigenvalue weighted by molar-refractivity contribution is 0.201. The van der Waals surface area contributed by atoms with Gasteiger partial charge in [-0.05, 0) is 23.7 Å². The molecule has 0 aromatic heterocycles. The van der Waals surface area contributed by atoms with Gasteiger partial charge in [0.15, 0.2) is 5.75 Å². The summed E-state index contributed by atoms with van der Waals surface area (Å²) in [4.78, 5) is 10.7. The molecule has 0 fully saturated rings. The quantitative estimate of drug-likeness (QED) is 0.610. The molecule has 0 saturated heterocycles. The van der Waals surface area contributed by atoms with Crippen molar-refractivity contribution in [3.05, 3.63) is 22.6 Å². The Morgan fingerprint density at radius 1 is 1.33 bits per heavy atom. The number of nitroso groups, excluding NO2 is 1. The summed E-state index contributed by atoms with van der Waals surface area (Å²) >= 11 is 0. The maximum Gasteiger partial charge on any atom is 0.153 e. The van der Waals surface area contributed by atoms with E-state index in [0.717, 1.165) is 11.3 Å². The number of ether oxygens (including phenoxy) is 1. The van der Waals surface area contributed by atoms with E-state index in [-0.39, 0.29) is 25.5 Å². The molecule has 0 amide bonds. The molecule has 1 aromatic carbocycles. The van der Waals surface area contributed by atoms with Gasteiger partial charge in [-0.15, -0.1) is 4.91 Å². The number of benzene rings is 1. The summed E-state index contributed by atoms with van der Waals surface area (Å²) in [5.41, 5.74) is 1.83. The lowest BCUT2D eigenvalue weighted by Crippen LogP contribution is -2.10. The first-order chi connectivity index (χ1) is 8.78. The first-order valence-electron chi connectivity index (χ1n) is 5.86. The van der Waals surface area contributed by atoms with Gasteiger partial charge >= 0.3 is 0 Å². The van der Waals surface area contributed by atoms with Crippen LogP contribution in [-0.2, 0) is 6.42 Å². The molecule has 0 aliphatic heterocycles. The molecule has 0 aliphatic rings. The van der Waals surface area contributed by atoms with Gasteiger partial charge in [-0.3, -0.25) is 0 Å². The minimum Gasteiger partial charge on any atom is -0.488 e. The highest BCUT2D eigenvalue weighted by Crippen LogP contribution is 2.36. The fourth-order valence-electron chi connectivity index (χ4n) is 1.70. The van der Waals surface area contributed by atoms with Crippen LogP contribution < -0.4 is 10.1 Å². The van der Waals surface area contributed by atoms with Gasteiger partial charge in [0.05, 0.1) is 13.2 Å². The zero-order chi connectivity index (χ0) is 13.4. The standard InChI is InChI=1S/C12H18N2O4/c1-2-9-10(13-5-6-15)3-4-11(14-17)12(9)18-8-7-16/h3-4,13,15-16H,2,5-8H2,1H3. The summed E-state index contributed by atoms with van der Waals surface area (Å²) in [5, 5.41) is 23.6. The molecule has 100 valence electrons. The first-order valence-corrected chi connectivity index (χ1v) is 5.86. The summed E-state index contributed by atoms with van der Waals surface area (Å²) in [5.74, 6) is 0.393. The lowest BCUT2D eigenvalue weighted by atomic mass is 10.1. The van der Waals surface area contributed by atoms with Crippen molar-refractivity contribution in [1.82, 2.24) is 0 Å². The van der Waals surface area contributed by atoms with Crippen LogP contribution in [0.2, 0.25) is 0 Å². The van der Waals surface area contributed by atoms with E-state index in [4.69, 9.17) is 14.9 Å². The molecule has 1 rings (SSSR count). The van der Waals surface area contributed by atoms with E-state index in [0.29, 0.717) is 18.7 Å². The second-order valence-corrected chi connectivity index (χ2v) is 3.61. The molecule has 0 bridgehead atoms. The first kappa shape index (κ1) is 14.4. The van der Waals surface area contributed by atoms with E-state index < -0.39 is 0 Å². The van der Waals surface area contributed by atoms with E-state index in [1.807, 2.05) is 6.92 Å². The average Bonchev–Trinajstić information content (AvgIpc) is 2.42. The third-order valence-electron chi connectivity index (χ3n) is 2.46. The Hall–Kier alpha value is -1.66. The molecule has 0 spiro atoms. The highest BCUT2D eigenvalue weighted by molar-refractivity contribution is 5.67. The van der Waals surface area contributed by atoms with Crippen molar-refractivity contribution in [2.75, 3.05) is 31.7 Å². The van der Waals surface area contributed by atoms with Crippen molar-refractivity contribution < 1.29 is 14.9 Å². The van der Waals surface area contributed by atoms with E-state index in [1.54, 1.807) is 12.1 Å². The van der Waals surface area contributed by atoms with E-state index in [9.17, 15) is 4.91 Å². The van der Waals surface area contributed by atoms with Crippen molar-refractivity contribution in [3.63, 3.8) is 0 Å². The van der Waals surface area contributed by atoms with Gasteiger partial charge in [0.25, 0.3) is 0 Å². The van der Waals surface area contributed by atoms with Gasteiger partial charge in [0.1, 0.15) is 12.3 Å². The third kappa shape index (κ3) is 3.41. The molecule has 0 radical (unpaired) electrons. The lowest BCUT2D eigenvalue weighted by Gasteiger charge is -2.16. The Morgan fingerprint density at radius 2 is 2.11 bits per heavy atom. The van der Waals surface area contributed by atoms with Crippen LogP contribution in [0.5, 0.6) is 5.75 Å². The number of nitrogens with one attached hydrogen (secondary N) is 1. The van der Waals surface area contributed by atoms with Crippen molar-refractivity contribution in [2.24, 2.45) is 5.18 Å². The smallest absolute Gasteiger partial charge is 0.153 e. The van der Waals surface area contributed by atoms with Crippen molar-refractivity contribution >= 4 is 11.4 Å². The maximum absolute atomic E-state index is 10.7. The SMILES string of the molecule is CCc1c(NCCO)ccc(N=O)c1OCCO. The maximum atomic E-state index is 10.7. The number of rotatable bonds is 8. The van der Waals surface area contributed by atoms with Crippen LogP contribution in [0.1, 0.15) is 12.5 Å². The number of aliphatic hydroxyl groups is 2. The van der Waals surface area contributed by atoms with E-state index in [1.165, 1.54) is 0 Å². The Morgan fingerprint density at radius 3 is 2.67 bits per heavy atom. The minimum absolute atomic E-state index is 0.0175. The molecule has 3 N–H and O–H groups in total. The number of hydrogen-bond acceptors (Lipinski definition) is 6. The summed E-state index contributed by atoms with van der Waals surface area (Å²) < 4.78 is 5.37. The second-order valence-electron chi connectivity index (χ2n) is 3.61. The monoisotopic (exact) mass is 254 g/mol. The molecule has 18 heavy (non-hydrogen) atoms. The van der Waals surface area contributed by atoms with Gasteiger partial charge in [0.2, 0.25) is 0 Å². The van der Waals surface area contributed by atoms with Gasteiger partial charge in [0, 0.05) is 17.8 Å². The molecule has 0 unspecified atom stereocenters. The predicted molar refractivity (Wildman–Crippen MR) is 69.4 cm³/mol. The number of anilines is 1. The van der Waals surface area contributed by atoms with Gasteiger partial charge in [-0.2, -0.15) is 0 Å². The largest absolute Gasteiger partial charge is 0.488 e. The molecule has 6 nitrogen and oxygen atoms in total. The molecule has 0 heterocycles. The zero-order valence-corrected chi connectivity index (χ0v) is 10.3. The van der Waals surface area contributed by atoms with E-state index >= 15 is 0 Å². The molecule has 1 aromatic rings. The molecule has 0 aliphatic carbocycles. The fourth-order valence-corrected chi connectivity index (χ4v) is 1.70. The third-order valence-corrected chi connectivity index (χ3v) is 2.46. The number of hydrogen-bond donors (Lipinski definition) is 3. The van der Waals surface area contributed by atoms with Crippen molar-refractivity contribution in [2.45, 2.75) is 13.3 Å². The zero-order valence-electron chi connectivity index (χ0n) is 10.3. The summed E-state index contributed by atoms with van der Waals surface area (Å²) in [6.45, 7) is 2.35. The Kier molecular flexibility index (Phi) is 6.10. The fraction of sp³-hybridized carbons (Fsp3) is 0.500. The van der Waals surface area contributed by atoms with Gasteiger partial charge in [-0.25, -0.2) is 0 Å².